The molecule has 206 valence electrons. The van der Waals surface area contributed by atoms with Gasteiger partial charge in [0.1, 0.15) is 0 Å². The Kier molecular flexibility index (Phi) is 44.1. The third-order valence-electron chi connectivity index (χ3n) is 5.28. The van der Waals surface area contributed by atoms with Crippen molar-refractivity contribution in [2.24, 2.45) is 0 Å². The summed E-state index contributed by atoms with van der Waals surface area (Å²) in [6, 6.07) is 0. The molecule has 0 aliphatic carbocycles. The molecular weight excluding hydrogens is 438 g/mol. The monoisotopic (exact) mass is 499 g/mol. The molecule has 0 radical (unpaired) electrons. The number of rotatable bonds is 22. The molecule has 0 amide bonds. The molecule has 7 heteroatoms. The summed E-state index contributed by atoms with van der Waals surface area (Å²) in [5, 5.41) is 0. The predicted molar refractivity (Wildman–Crippen MR) is 145 cm³/mol. The topological polar surface area (TPSA) is 119 Å². The lowest BCUT2D eigenvalue weighted by atomic mass is 10.1. The quantitative estimate of drug-likeness (QED) is 0.101. The third kappa shape index (κ3) is 59.4. The van der Waals surface area contributed by atoms with Crippen LogP contribution in [0.15, 0.2) is 0 Å². The van der Waals surface area contributed by atoms with Crippen LogP contribution in [-0.2, 0) is 15.1 Å². The van der Waals surface area contributed by atoms with E-state index in [0.29, 0.717) is 0 Å². The van der Waals surface area contributed by atoms with E-state index < -0.39 is 10.4 Å². The Bertz CT molecular complexity index is 375. The van der Waals surface area contributed by atoms with Crippen LogP contribution in [0, 0.1) is 0 Å². The molecule has 0 fully saturated rings. The Hall–Kier alpha value is -0.210. The van der Waals surface area contributed by atoms with Crippen molar-refractivity contribution in [1.82, 2.24) is 6.15 Å². The van der Waals surface area contributed by atoms with Crippen molar-refractivity contribution in [3.05, 3.63) is 0 Å². The maximum atomic E-state index is 8.74. The van der Waals surface area contributed by atoms with Gasteiger partial charge in [0, 0.05) is 13.2 Å². The van der Waals surface area contributed by atoms with E-state index in [2.05, 4.69) is 13.8 Å². The Morgan fingerprint density at radius 2 is 0.667 bits per heavy atom. The molecule has 0 rings (SSSR count). The SMILES string of the molecule is CC.CCCCCCCCCCCCOCCCCCCCCCCCC.N.O=S(=O)(O)O. The van der Waals surface area contributed by atoms with Crippen molar-refractivity contribution in [2.75, 3.05) is 13.2 Å². The fraction of sp³-hybridized carbons (Fsp3) is 1.00. The summed E-state index contributed by atoms with van der Waals surface area (Å²) in [6.45, 7) is 10.6. The normalized spacial score (nSPS) is 10.5. The highest BCUT2D eigenvalue weighted by Crippen LogP contribution is 2.12. The second-order valence-corrected chi connectivity index (χ2v) is 9.32. The molecule has 0 heterocycles. The van der Waals surface area contributed by atoms with Gasteiger partial charge in [-0.15, -0.1) is 0 Å². The Balaban J connectivity index is -0.000000460. The Morgan fingerprint density at radius 1 is 0.485 bits per heavy atom. The molecule has 0 bridgehead atoms. The van der Waals surface area contributed by atoms with Gasteiger partial charge in [-0.3, -0.25) is 9.11 Å². The molecule has 0 unspecified atom stereocenters. The van der Waals surface area contributed by atoms with Gasteiger partial charge in [-0.2, -0.15) is 8.42 Å². The maximum absolute atomic E-state index is 8.74. The van der Waals surface area contributed by atoms with Crippen molar-refractivity contribution >= 4 is 10.4 Å². The van der Waals surface area contributed by atoms with Gasteiger partial charge in [-0.05, 0) is 12.8 Å². The van der Waals surface area contributed by atoms with Crippen LogP contribution >= 0.6 is 0 Å². The van der Waals surface area contributed by atoms with E-state index in [0.717, 1.165) is 13.2 Å². The summed E-state index contributed by atoms with van der Waals surface area (Å²) in [5.74, 6) is 0. The summed E-state index contributed by atoms with van der Waals surface area (Å²) >= 11 is 0. The lowest BCUT2D eigenvalue weighted by Gasteiger charge is -2.05. The summed E-state index contributed by atoms with van der Waals surface area (Å²) in [6.07, 6.45) is 28.2. The standard InChI is InChI=1S/C24H50O.C2H6.H3N.H2O4S/c1-3-5-7-9-11-13-15-17-19-21-23-25-24-22-20-18-16-14-12-10-8-6-4-2;1-2;;1-5(2,3)4/h3-24H2,1-2H3;1-2H3;1H3;(H2,1,2,3,4). The lowest BCUT2D eigenvalue weighted by molar-refractivity contribution is 0.125. The zero-order valence-electron chi connectivity index (χ0n) is 22.8. The van der Waals surface area contributed by atoms with Crippen LogP contribution in [0.2, 0.25) is 0 Å². The highest BCUT2D eigenvalue weighted by atomic mass is 32.3. The van der Waals surface area contributed by atoms with E-state index in [-0.39, 0.29) is 6.15 Å². The molecule has 0 saturated carbocycles. The molecule has 0 aromatic carbocycles. The van der Waals surface area contributed by atoms with Crippen LogP contribution in [0.4, 0.5) is 0 Å². The highest BCUT2D eigenvalue weighted by molar-refractivity contribution is 7.79. The number of hydrogen-bond donors (Lipinski definition) is 3. The summed E-state index contributed by atoms with van der Waals surface area (Å²) in [4.78, 5) is 0. The van der Waals surface area contributed by atoms with E-state index in [4.69, 9.17) is 22.3 Å². The van der Waals surface area contributed by atoms with Crippen LogP contribution < -0.4 is 6.15 Å². The first-order valence-corrected chi connectivity index (χ1v) is 15.1. The van der Waals surface area contributed by atoms with E-state index in [1.54, 1.807) is 0 Å². The average Bonchev–Trinajstić information content (AvgIpc) is 2.75. The number of hydrogen-bond acceptors (Lipinski definition) is 4. The second-order valence-electron chi connectivity index (χ2n) is 8.42. The van der Waals surface area contributed by atoms with Crippen molar-refractivity contribution in [3.8, 4) is 0 Å². The zero-order chi connectivity index (χ0) is 24.8. The van der Waals surface area contributed by atoms with Crippen LogP contribution in [-0.4, -0.2) is 30.7 Å². The van der Waals surface area contributed by atoms with Gasteiger partial charge in [0.2, 0.25) is 0 Å². The van der Waals surface area contributed by atoms with Crippen LogP contribution in [0.1, 0.15) is 156 Å². The molecule has 0 saturated heterocycles. The fourth-order valence-electron chi connectivity index (χ4n) is 3.49. The van der Waals surface area contributed by atoms with E-state index in [9.17, 15) is 0 Å². The van der Waals surface area contributed by atoms with Gasteiger partial charge in [-0.25, -0.2) is 0 Å². The molecule has 0 spiro atoms. The van der Waals surface area contributed by atoms with Crippen molar-refractivity contribution in [2.45, 2.75) is 156 Å². The molecule has 0 aromatic heterocycles. The van der Waals surface area contributed by atoms with E-state index >= 15 is 0 Å². The second kappa shape index (κ2) is 36.4. The van der Waals surface area contributed by atoms with Crippen molar-refractivity contribution < 1.29 is 22.3 Å². The van der Waals surface area contributed by atoms with Crippen LogP contribution in [0.5, 0.6) is 0 Å². The maximum Gasteiger partial charge on any atom is 0.394 e. The molecule has 0 aromatic rings. The van der Waals surface area contributed by atoms with Gasteiger partial charge in [0.05, 0.1) is 0 Å². The predicted octanol–water partition coefficient (Wildman–Crippen LogP) is 9.38. The smallest absolute Gasteiger partial charge is 0.381 e. The van der Waals surface area contributed by atoms with Gasteiger partial charge < -0.3 is 10.9 Å². The highest BCUT2D eigenvalue weighted by Gasteiger charge is 1.95. The molecule has 6 nitrogen and oxygen atoms in total. The first-order valence-electron chi connectivity index (χ1n) is 13.7. The fourth-order valence-corrected chi connectivity index (χ4v) is 3.49. The van der Waals surface area contributed by atoms with Crippen LogP contribution in [0.25, 0.3) is 0 Å². The molecule has 5 N–H and O–H groups in total. The lowest BCUT2D eigenvalue weighted by Crippen LogP contribution is -1.97. The zero-order valence-corrected chi connectivity index (χ0v) is 23.6. The third-order valence-corrected chi connectivity index (χ3v) is 5.28. The van der Waals surface area contributed by atoms with Gasteiger partial charge in [-0.1, -0.05) is 143 Å². The Morgan fingerprint density at radius 3 is 0.879 bits per heavy atom. The van der Waals surface area contributed by atoms with Crippen molar-refractivity contribution in [3.63, 3.8) is 0 Å². The van der Waals surface area contributed by atoms with Gasteiger partial charge in [0.15, 0.2) is 0 Å². The number of ether oxygens (including phenoxy) is 1. The summed E-state index contributed by atoms with van der Waals surface area (Å²) < 4.78 is 37.4. The largest absolute Gasteiger partial charge is 0.394 e. The molecule has 0 aliphatic rings. The summed E-state index contributed by atoms with van der Waals surface area (Å²) in [5.41, 5.74) is 0. The first kappa shape index (κ1) is 40.0. The van der Waals surface area contributed by atoms with Crippen molar-refractivity contribution in [1.29, 1.82) is 0 Å². The van der Waals surface area contributed by atoms with Gasteiger partial charge in [0.25, 0.3) is 0 Å². The average molecular weight is 500 g/mol. The molecule has 0 atom stereocenters. The first-order chi connectivity index (χ1) is 15.4. The summed E-state index contributed by atoms with van der Waals surface area (Å²) in [7, 11) is -4.67. The molecule has 33 heavy (non-hydrogen) atoms. The minimum Gasteiger partial charge on any atom is -0.381 e. The molecular formula is C26H61NO5S. The Labute approximate surface area is 208 Å². The van der Waals surface area contributed by atoms with E-state index in [1.807, 2.05) is 13.8 Å². The number of unbranched alkanes of at least 4 members (excludes halogenated alkanes) is 18. The van der Waals surface area contributed by atoms with Crippen LogP contribution in [0.3, 0.4) is 0 Å². The minimum absolute atomic E-state index is 0. The minimum atomic E-state index is -4.67. The van der Waals surface area contributed by atoms with E-state index in [1.165, 1.54) is 128 Å². The molecule has 0 aliphatic heterocycles. The van der Waals surface area contributed by atoms with Gasteiger partial charge >= 0.3 is 10.4 Å².